The van der Waals surface area contributed by atoms with Crippen molar-refractivity contribution in [3.05, 3.63) is 72.4 Å². The molecule has 13 nitrogen and oxygen atoms in total. The fourth-order valence-electron chi connectivity index (χ4n) is 5.84. The Morgan fingerprint density at radius 1 is 0.964 bits per heavy atom. The second-order valence-electron chi connectivity index (χ2n) is 15.3. The largest absolute Gasteiger partial charge is 0.476 e. The molecular weight excluding hydrogens is 757 g/mol. The number of likely N-dealkylation sites (tertiary alicyclic amines) is 1. The summed E-state index contributed by atoms with van der Waals surface area (Å²) in [6, 6.07) is 12.4. The zero-order valence-corrected chi connectivity index (χ0v) is 32.9. The van der Waals surface area contributed by atoms with Crippen LogP contribution < -0.4 is 14.8 Å². The maximum absolute atomic E-state index is 13.8. The molecule has 1 aromatic carbocycles. The summed E-state index contributed by atoms with van der Waals surface area (Å²) in [7, 11) is -4.36. The van der Waals surface area contributed by atoms with Gasteiger partial charge in [-0.2, -0.15) is 26.0 Å². The van der Waals surface area contributed by atoms with E-state index in [1.807, 2.05) is 39.0 Å². The minimum absolute atomic E-state index is 0.0758. The average molecular weight is 805 g/mol. The van der Waals surface area contributed by atoms with Gasteiger partial charge in [0.15, 0.2) is 16.7 Å². The van der Waals surface area contributed by atoms with Crippen molar-refractivity contribution in [2.24, 2.45) is 5.41 Å². The Morgan fingerprint density at radius 2 is 1.71 bits per heavy atom. The van der Waals surface area contributed by atoms with E-state index in [-0.39, 0.29) is 35.3 Å². The molecule has 304 valence electrons. The van der Waals surface area contributed by atoms with Gasteiger partial charge in [0.1, 0.15) is 17.9 Å². The zero-order valence-electron chi connectivity index (χ0n) is 32.1. The number of rotatable bonds is 16. The van der Waals surface area contributed by atoms with E-state index in [4.69, 9.17) is 9.47 Å². The van der Waals surface area contributed by atoms with Crippen LogP contribution in [-0.2, 0) is 21.2 Å². The Kier molecular flexibility index (Phi) is 13.2. The number of pyridine rings is 1. The molecule has 0 aliphatic carbocycles. The fourth-order valence-corrected chi connectivity index (χ4v) is 6.78. The minimum Gasteiger partial charge on any atom is -0.476 e. The van der Waals surface area contributed by atoms with Crippen LogP contribution in [0.3, 0.4) is 0 Å². The quantitative estimate of drug-likeness (QED) is 0.0669. The highest BCUT2D eigenvalue weighted by atomic mass is 32.2. The molecule has 5 rings (SSSR count). The lowest BCUT2D eigenvalue weighted by atomic mass is 9.94. The molecule has 0 saturated carbocycles. The number of amides is 1. The van der Waals surface area contributed by atoms with Crippen molar-refractivity contribution in [3.8, 4) is 23.0 Å². The second kappa shape index (κ2) is 17.5. The number of benzene rings is 1. The van der Waals surface area contributed by atoms with Crippen molar-refractivity contribution < 1.29 is 40.2 Å². The average Bonchev–Trinajstić information content (AvgIpc) is 3.80. The molecule has 4 heterocycles. The van der Waals surface area contributed by atoms with Crippen molar-refractivity contribution in [2.75, 3.05) is 31.0 Å². The smallest absolute Gasteiger partial charge is 0.410 e. The van der Waals surface area contributed by atoms with Crippen LogP contribution in [0.15, 0.2) is 66.0 Å². The summed E-state index contributed by atoms with van der Waals surface area (Å²) in [6.45, 7) is 9.03. The molecule has 0 spiro atoms. The van der Waals surface area contributed by atoms with E-state index in [2.05, 4.69) is 30.1 Å². The maximum Gasteiger partial charge on any atom is 0.410 e. The number of hydrogen-bond donors (Lipinski definition) is 2. The van der Waals surface area contributed by atoms with E-state index in [0.717, 1.165) is 76.4 Å². The van der Waals surface area contributed by atoms with Gasteiger partial charge in [-0.25, -0.2) is 24.4 Å². The lowest BCUT2D eigenvalue weighted by Gasteiger charge is -2.26. The molecule has 1 saturated heterocycles. The molecule has 1 fully saturated rings. The number of sulfonamides is 1. The molecule has 3 aromatic heterocycles. The normalized spacial score (nSPS) is 15.2. The van der Waals surface area contributed by atoms with Crippen LogP contribution in [0.4, 0.5) is 28.2 Å². The number of aryl methyl sites for hydroxylation is 1. The Labute approximate surface area is 324 Å². The molecule has 1 amide bonds. The van der Waals surface area contributed by atoms with Gasteiger partial charge in [-0.05, 0) is 84.5 Å². The first kappa shape index (κ1) is 42.3. The van der Waals surface area contributed by atoms with Crippen molar-refractivity contribution in [2.45, 2.75) is 96.0 Å². The number of alkyl halides is 3. The molecule has 1 aliphatic heterocycles. The van der Waals surface area contributed by atoms with Gasteiger partial charge in [0, 0.05) is 37.0 Å². The van der Waals surface area contributed by atoms with Gasteiger partial charge in [0.25, 0.3) is 10.0 Å². The summed E-state index contributed by atoms with van der Waals surface area (Å²) in [5, 5.41) is 7.30. The van der Waals surface area contributed by atoms with Gasteiger partial charge in [-0.3, -0.25) is 4.72 Å². The zero-order chi connectivity index (χ0) is 40.7. The highest BCUT2D eigenvalue weighted by Crippen LogP contribution is 2.38. The summed E-state index contributed by atoms with van der Waals surface area (Å²) in [6.07, 6.45) is 3.03. The van der Waals surface area contributed by atoms with Gasteiger partial charge >= 0.3 is 12.3 Å². The number of ether oxygens (including phenoxy) is 2. The summed E-state index contributed by atoms with van der Waals surface area (Å²) >= 11 is 0. The lowest BCUT2D eigenvalue weighted by Crippen LogP contribution is -2.38. The number of unbranched alkanes of at least 4 members (excludes halogenated alkanes) is 3. The number of carbonyl (C=O) groups is 1. The summed E-state index contributed by atoms with van der Waals surface area (Å²) in [5.74, 6) is -1.06. The summed E-state index contributed by atoms with van der Waals surface area (Å²) in [4.78, 5) is 26.7. The molecule has 18 heteroatoms. The van der Waals surface area contributed by atoms with Gasteiger partial charge in [-0.15, -0.1) is 5.10 Å². The van der Waals surface area contributed by atoms with Gasteiger partial charge < -0.3 is 19.7 Å². The van der Waals surface area contributed by atoms with E-state index >= 15 is 0 Å². The van der Waals surface area contributed by atoms with Crippen LogP contribution in [-0.4, -0.2) is 88.2 Å². The number of anilines is 1. The van der Waals surface area contributed by atoms with E-state index < -0.39 is 44.8 Å². The SMILES string of the molecule is CC(C)(C)OC(=O)N1CCC(NCCCCCCc2ccccc2-c2nc(NS(=O)(=O)c3cccc(F)n3)cnc2-n2ccc(OCC(C)(C)C(F)(F)F)n2)C1. The summed E-state index contributed by atoms with van der Waals surface area (Å²) < 4.78 is 94.9. The standard InChI is InChI=1S/C38H48F4N8O5S/c1-36(2,3)55-35(51)49-21-18-27(24-49)43-20-11-7-6-8-13-26-14-9-10-15-28(26)33-34(50-22-19-31(47-50)54-25-37(4,5)38(40,41)42)44-23-30(46-33)48-56(52,53)32-17-12-16-29(39)45-32/h9-10,12,14-17,19,22-23,27,43H,6-8,11,13,18,20-21,24-25H2,1-5H3,(H,46,48). The van der Waals surface area contributed by atoms with E-state index in [0.29, 0.717) is 25.1 Å². The number of nitrogens with one attached hydrogen (secondary N) is 2. The number of halogens is 4. The third-order valence-corrected chi connectivity index (χ3v) is 10.3. The predicted molar refractivity (Wildman–Crippen MR) is 201 cm³/mol. The third kappa shape index (κ3) is 11.4. The van der Waals surface area contributed by atoms with Crippen LogP contribution in [0.5, 0.6) is 5.88 Å². The van der Waals surface area contributed by atoms with Crippen LogP contribution in [0.2, 0.25) is 0 Å². The molecule has 1 unspecified atom stereocenters. The molecule has 0 bridgehead atoms. The molecule has 4 aromatic rings. The Bertz CT molecular complexity index is 2070. The molecule has 0 radical (unpaired) electrons. The highest BCUT2D eigenvalue weighted by molar-refractivity contribution is 7.92. The predicted octanol–water partition coefficient (Wildman–Crippen LogP) is 7.33. The van der Waals surface area contributed by atoms with Crippen molar-refractivity contribution in [3.63, 3.8) is 0 Å². The molecule has 1 aliphatic rings. The molecule has 2 N–H and O–H groups in total. The molecular formula is C38H48F4N8O5S. The Hall–Kier alpha value is -4.84. The first-order valence-electron chi connectivity index (χ1n) is 18.4. The van der Waals surface area contributed by atoms with Gasteiger partial charge in [0.05, 0.1) is 11.6 Å². The van der Waals surface area contributed by atoms with E-state index in [1.54, 1.807) is 11.0 Å². The lowest BCUT2D eigenvalue weighted by molar-refractivity contribution is -0.219. The maximum atomic E-state index is 13.8. The Morgan fingerprint density at radius 3 is 2.45 bits per heavy atom. The van der Waals surface area contributed by atoms with Gasteiger partial charge in [-0.1, -0.05) is 43.2 Å². The van der Waals surface area contributed by atoms with E-state index in [1.165, 1.54) is 23.0 Å². The first-order valence-corrected chi connectivity index (χ1v) is 19.9. The van der Waals surface area contributed by atoms with Crippen LogP contribution in [0.25, 0.3) is 17.1 Å². The monoisotopic (exact) mass is 804 g/mol. The topological polar surface area (TPSA) is 153 Å². The minimum atomic E-state index is -4.50. The van der Waals surface area contributed by atoms with Gasteiger partial charge in [0.2, 0.25) is 11.8 Å². The fraction of sp³-hybridized carbons (Fsp3) is 0.500. The van der Waals surface area contributed by atoms with Crippen LogP contribution in [0, 0.1) is 11.4 Å². The second-order valence-corrected chi connectivity index (χ2v) is 16.9. The van der Waals surface area contributed by atoms with Crippen LogP contribution >= 0.6 is 0 Å². The van der Waals surface area contributed by atoms with Crippen LogP contribution in [0.1, 0.15) is 72.3 Å². The Balaban J connectivity index is 1.27. The number of carbonyl (C=O) groups excluding carboxylic acids is 1. The first-order chi connectivity index (χ1) is 26.3. The number of aromatic nitrogens is 5. The molecule has 56 heavy (non-hydrogen) atoms. The number of hydrogen-bond acceptors (Lipinski definition) is 10. The third-order valence-electron chi connectivity index (χ3n) is 9.01. The summed E-state index contributed by atoms with van der Waals surface area (Å²) in [5.41, 5.74) is -0.897. The molecule has 1 atom stereocenters. The van der Waals surface area contributed by atoms with Crippen molar-refractivity contribution in [1.29, 1.82) is 0 Å². The highest BCUT2D eigenvalue weighted by Gasteiger charge is 2.48. The van der Waals surface area contributed by atoms with Crippen molar-refractivity contribution in [1.82, 2.24) is 34.9 Å². The van der Waals surface area contributed by atoms with Crippen molar-refractivity contribution >= 4 is 21.9 Å². The van der Waals surface area contributed by atoms with E-state index in [9.17, 15) is 30.8 Å². The number of nitrogens with zero attached hydrogens (tertiary/aromatic N) is 6.